The van der Waals surface area contributed by atoms with Crippen LogP contribution in [0.1, 0.15) is 40.4 Å². The fourth-order valence-corrected chi connectivity index (χ4v) is 2.42. The van der Waals surface area contributed by atoms with E-state index in [0.29, 0.717) is 11.5 Å². The van der Waals surface area contributed by atoms with Crippen LogP contribution in [0.3, 0.4) is 0 Å². The van der Waals surface area contributed by atoms with E-state index < -0.39 is 5.97 Å². The van der Waals surface area contributed by atoms with Gasteiger partial charge < -0.3 is 5.11 Å². The second-order valence-electron chi connectivity index (χ2n) is 4.97. The van der Waals surface area contributed by atoms with Gasteiger partial charge in [-0.25, -0.2) is 14.8 Å². The number of carboxylic acids is 1. The third kappa shape index (κ3) is 1.99. The van der Waals surface area contributed by atoms with E-state index >= 15 is 0 Å². The Hall–Kier alpha value is -2.23. The van der Waals surface area contributed by atoms with Gasteiger partial charge in [-0.15, -0.1) is 0 Å². The average Bonchev–Trinajstić information content (AvgIpc) is 3.20. The van der Waals surface area contributed by atoms with Crippen LogP contribution in [0.5, 0.6) is 0 Å². The number of benzene rings is 1. The van der Waals surface area contributed by atoms with Crippen LogP contribution < -0.4 is 0 Å². The molecular weight excluding hydrogens is 240 g/mol. The number of nitrogens with zero attached hydrogens (tertiary/aromatic N) is 2. The van der Waals surface area contributed by atoms with Crippen molar-refractivity contribution in [1.29, 1.82) is 0 Å². The molecular formula is C15H14N2O2. The molecule has 19 heavy (non-hydrogen) atoms. The predicted octanol–water partition coefficient (Wildman–Crippen LogP) is 2.56. The fraction of sp³-hybridized carbons (Fsp3) is 0.267. The number of aromatic nitrogens is 2. The SMILES string of the molecule is Cc1cc(C(=O)O)nc(C2(c3ccccc3)CC2)n1. The van der Waals surface area contributed by atoms with Crippen LogP contribution in [0.25, 0.3) is 0 Å². The van der Waals surface area contributed by atoms with E-state index in [1.165, 1.54) is 6.07 Å². The number of aryl methyl sites for hydroxylation is 1. The molecule has 0 radical (unpaired) electrons. The highest BCUT2D eigenvalue weighted by molar-refractivity contribution is 5.85. The molecule has 1 saturated carbocycles. The lowest BCUT2D eigenvalue weighted by Crippen LogP contribution is -2.16. The average molecular weight is 254 g/mol. The van der Waals surface area contributed by atoms with Gasteiger partial charge in [0.05, 0.1) is 5.41 Å². The highest BCUT2D eigenvalue weighted by Crippen LogP contribution is 2.52. The summed E-state index contributed by atoms with van der Waals surface area (Å²) in [6.45, 7) is 1.80. The quantitative estimate of drug-likeness (QED) is 0.914. The van der Waals surface area contributed by atoms with E-state index in [4.69, 9.17) is 5.11 Å². The van der Waals surface area contributed by atoms with Gasteiger partial charge in [0.15, 0.2) is 5.69 Å². The van der Waals surface area contributed by atoms with Crippen LogP contribution in [-0.4, -0.2) is 21.0 Å². The van der Waals surface area contributed by atoms with E-state index in [0.717, 1.165) is 18.4 Å². The molecule has 1 aliphatic rings. The van der Waals surface area contributed by atoms with E-state index in [2.05, 4.69) is 22.1 Å². The minimum absolute atomic E-state index is 0.0738. The first-order valence-corrected chi connectivity index (χ1v) is 6.27. The molecule has 3 rings (SSSR count). The van der Waals surface area contributed by atoms with E-state index in [1.54, 1.807) is 6.92 Å². The molecule has 0 saturated heterocycles. The van der Waals surface area contributed by atoms with Crippen molar-refractivity contribution in [3.8, 4) is 0 Å². The van der Waals surface area contributed by atoms with Crippen LogP contribution in [0, 0.1) is 6.92 Å². The Morgan fingerprint density at radius 2 is 1.89 bits per heavy atom. The third-order valence-corrected chi connectivity index (χ3v) is 3.58. The zero-order chi connectivity index (χ0) is 13.5. The maximum absolute atomic E-state index is 11.1. The maximum Gasteiger partial charge on any atom is 0.354 e. The first-order chi connectivity index (χ1) is 9.12. The van der Waals surface area contributed by atoms with E-state index in [9.17, 15) is 4.79 Å². The number of carbonyl (C=O) groups is 1. The van der Waals surface area contributed by atoms with E-state index in [-0.39, 0.29) is 11.1 Å². The molecule has 1 heterocycles. The molecule has 0 aliphatic heterocycles. The summed E-state index contributed by atoms with van der Waals surface area (Å²) in [6.07, 6.45) is 1.94. The number of hydrogen-bond acceptors (Lipinski definition) is 3. The number of aromatic carboxylic acids is 1. The molecule has 0 amide bonds. The largest absolute Gasteiger partial charge is 0.477 e. The zero-order valence-electron chi connectivity index (χ0n) is 10.6. The molecule has 96 valence electrons. The molecule has 1 aliphatic carbocycles. The van der Waals surface area contributed by atoms with Crippen molar-refractivity contribution in [3.63, 3.8) is 0 Å². The second-order valence-corrected chi connectivity index (χ2v) is 4.97. The molecule has 1 N–H and O–H groups in total. The number of carboxylic acid groups (broad SMARTS) is 1. The van der Waals surface area contributed by atoms with Crippen LogP contribution in [0.4, 0.5) is 0 Å². The van der Waals surface area contributed by atoms with Crippen molar-refractivity contribution < 1.29 is 9.90 Å². The summed E-state index contributed by atoms with van der Waals surface area (Å²) >= 11 is 0. The number of hydrogen-bond donors (Lipinski definition) is 1. The molecule has 0 spiro atoms. The molecule has 2 aromatic rings. The van der Waals surface area contributed by atoms with Gasteiger partial charge in [-0.1, -0.05) is 30.3 Å². The van der Waals surface area contributed by atoms with Gasteiger partial charge in [0.25, 0.3) is 0 Å². The van der Waals surface area contributed by atoms with Crippen molar-refractivity contribution in [2.45, 2.75) is 25.2 Å². The molecule has 1 aromatic heterocycles. The van der Waals surface area contributed by atoms with Crippen LogP contribution in [0.2, 0.25) is 0 Å². The summed E-state index contributed by atoms with van der Waals surface area (Å²) in [4.78, 5) is 19.8. The van der Waals surface area contributed by atoms with Crippen molar-refractivity contribution in [2.24, 2.45) is 0 Å². The Kier molecular flexibility index (Phi) is 2.59. The van der Waals surface area contributed by atoms with Crippen molar-refractivity contribution in [3.05, 3.63) is 59.2 Å². The summed E-state index contributed by atoms with van der Waals surface area (Å²) in [5.74, 6) is -0.369. The lowest BCUT2D eigenvalue weighted by Gasteiger charge is -2.15. The maximum atomic E-state index is 11.1. The van der Waals surface area contributed by atoms with Gasteiger partial charge in [0.1, 0.15) is 5.82 Å². The van der Waals surface area contributed by atoms with Crippen LogP contribution in [-0.2, 0) is 5.41 Å². The second kappa shape index (κ2) is 4.16. The van der Waals surface area contributed by atoms with Gasteiger partial charge in [0.2, 0.25) is 0 Å². The minimum Gasteiger partial charge on any atom is -0.477 e. The van der Waals surface area contributed by atoms with Gasteiger partial charge >= 0.3 is 5.97 Å². The summed E-state index contributed by atoms with van der Waals surface area (Å²) in [5, 5.41) is 9.10. The normalized spacial score (nSPS) is 16.1. The summed E-state index contributed by atoms with van der Waals surface area (Å²) < 4.78 is 0. The minimum atomic E-state index is -1.00. The molecule has 1 fully saturated rings. The van der Waals surface area contributed by atoms with Crippen LogP contribution >= 0.6 is 0 Å². The standard InChI is InChI=1S/C15H14N2O2/c1-10-9-12(13(18)19)17-14(16-10)15(7-8-15)11-5-3-2-4-6-11/h2-6,9H,7-8H2,1H3,(H,18,19). The van der Waals surface area contributed by atoms with Crippen molar-refractivity contribution >= 4 is 5.97 Å². The van der Waals surface area contributed by atoms with Crippen molar-refractivity contribution in [2.75, 3.05) is 0 Å². The monoisotopic (exact) mass is 254 g/mol. The molecule has 4 nitrogen and oxygen atoms in total. The topological polar surface area (TPSA) is 63.1 Å². The van der Waals surface area contributed by atoms with Gasteiger partial charge in [-0.3, -0.25) is 0 Å². The first kappa shape index (κ1) is 11.8. The molecule has 0 atom stereocenters. The Labute approximate surface area is 111 Å². The summed E-state index contributed by atoms with van der Waals surface area (Å²) in [5.41, 5.74) is 1.75. The zero-order valence-corrected chi connectivity index (χ0v) is 10.6. The van der Waals surface area contributed by atoms with E-state index in [1.807, 2.05) is 18.2 Å². The Balaban J connectivity index is 2.10. The van der Waals surface area contributed by atoms with Gasteiger partial charge in [-0.05, 0) is 31.4 Å². The lowest BCUT2D eigenvalue weighted by atomic mass is 9.95. The van der Waals surface area contributed by atoms with Gasteiger partial charge in [0, 0.05) is 5.69 Å². The smallest absolute Gasteiger partial charge is 0.354 e. The Morgan fingerprint density at radius 3 is 2.47 bits per heavy atom. The third-order valence-electron chi connectivity index (χ3n) is 3.58. The molecule has 1 aromatic carbocycles. The Morgan fingerprint density at radius 1 is 1.21 bits per heavy atom. The highest BCUT2D eigenvalue weighted by Gasteiger charge is 2.48. The number of rotatable bonds is 3. The van der Waals surface area contributed by atoms with Crippen LogP contribution in [0.15, 0.2) is 36.4 Å². The first-order valence-electron chi connectivity index (χ1n) is 6.27. The molecule has 4 heteroatoms. The predicted molar refractivity (Wildman–Crippen MR) is 70.2 cm³/mol. The summed E-state index contributed by atoms with van der Waals surface area (Å²) in [6, 6.07) is 11.6. The lowest BCUT2D eigenvalue weighted by molar-refractivity contribution is 0.0689. The Bertz CT molecular complexity index is 634. The molecule has 0 bridgehead atoms. The molecule has 0 unspecified atom stereocenters. The van der Waals surface area contributed by atoms with Crippen molar-refractivity contribution in [1.82, 2.24) is 9.97 Å². The summed E-state index contributed by atoms with van der Waals surface area (Å²) in [7, 11) is 0. The fourth-order valence-electron chi connectivity index (χ4n) is 2.42. The van der Waals surface area contributed by atoms with Gasteiger partial charge in [-0.2, -0.15) is 0 Å². The highest BCUT2D eigenvalue weighted by atomic mass is 16.4.